The van der Waals surface area contributed by atoms with Crippen molar-refractivity contribution >= 4 is 31.9 Å². The van der Waals surface area contributed by atoms with Crippen molar-refractivity contribution in [2.45, 2.75) is 10.2 Å². The summed E-state index contributed by atoms with van der Waals surface area (Å²) in [6.07, 6.45) is 0. The molecule has 0 unspecified atom stereocenters. The molecule has 0 aliphatic rings. The number of hydrogen-bond acceptors (Lipinski definition) is 4. The van der Waals surface area contributed by atoms with Crippen LogP contribution in [-0.2, 0) is 20.1 Å². The Bertz CT molecular complexity index is 512. The molecule has 1 rings (SSSR count). The number of rotatable bonds is 3. The van der Waals surface area contributed by atoms with Gasteiger partial charge in [-0.3, -0.25) is 0 Å². The maximum Gasteiger partial charge on any atom is 0.339 e. The van der Waals surface area contributed by atoms with Gasteiger partial charge in [0.15, 0.2) is 0 Å². The zero-order chi connectivity index (χ0) is 12.3. The Morgan fingerprint density at radius 3 is 2.56 bits per heavy atom. The number of carbonyl (C=O) groups is 1. The lowest BCUT2D eigenvalue weighted by atomic mass is 10.1. The van der Waals surface area contributed by atoms with E-state index in [-0.39, 0.29) is 10.5 Å². The third-order valence-corrected chi connectivity index (χ3v) is 3.51. The van der Waals surface area contributed by atoms with Gasteiger partial charge in [-0.15, -0.1) is 0 Å². The van der Waals surface area contributed by atoms with Crippen molar-refractivity contribution in [1.82, 2.24) is 0 Å². The summed E-state index contributed by atoms with van der Waals surface area (Å²) in [5, 5.41) is 5.49. The summed E-state index contributed by atoms with van der Waals surface area (Å²) in [6, 6.07) is 4.34. The molecule has 0 atom stereocenters. The van der Waals surface area contributed by atoms with E-state index in [1.165, 1.54) is 19.2 Å². The number of sulfonamides is 1. The minimum absolute atomic E-state index is 0.0605. The molecule has 0 fully saturated rings. The Morgan fingerprint density at radius 2 is 2.12 bits per heavy atom. The van der Waals surface area contributed by atoms with Crippen LogP contribution in [0.25, 0.3) is 0 Å². The fourth-order valence-corrected chi connectivity index (χ4v) is 2.29. The molecular formula is C9H10BrNO4S. The zero-order valence-electron chi connectivity index (χ0n) is 8.44. The molecule has 0 aromatic heterocycles. The average Bonchev–Trinajstić information content (AvgIpc) is 2.26. The van der Waals surface area contributed by atoms with Gasteiger partial charge in [0.25, 0.3) is 0 Å². The van der Waals surface area contributed by atoms with E-state index in [2.05, 4.69) is 20.7 Å². The second-order valence-corrected chi connectivity index (χ2v) is 5.09. The van der Waals surface area contributed by atoms with Crippen LogP contribution < -0.4 is 5.14 Å². The van der Waals surface area contributed by atoms with Gasteiger partial charge in [0.2, 0.25) is 10.0 Å². The molecular weight excluding hydrogens is 298 g/mol. The lowest BCUT2D eigenvalue weighted by Crippen LogP contribution is -2.17. The summed E-state index contributed by atoms with van der Waals surface area (Å²) >= 11 is 3.19. The number of primary sulfonamides is 1. The van der Waals surface area contributed by atoms with Crippen LogP contribution in [0, 0.1) is 0 Å². The molecule has 1 aromatic rings. The number of ether oxygens (including phenoxy) is 1. The normalized spacial score (nSPS) is 11.2. The maximum absolute atomic E-state index is 11.3. The Balaban J connectivity index is 3.45. The molecule has 0 radical (unpaired) electrons. The highest BCUT2D eigenvalue weighted by Gasteiger charge is 2.20. The van der Waals surface area contributed by atoms with Crippen molar-refractivity contribution in [2.75, 3.05) is 7.11 Å². The van der Waals surface area contributed by atoms with E-state index in [1.807, 2.05) is 0 Å². The number of methoxy groups -OCH3 is 1. The lowest BCUT2D eigenvalue weighted by Gasteiger charge is -2.07. The molecule has 0 spiro atoms. The summed E-state index contributed by atoms with van der Waals surface area (Å²) in [5.41, 5.74) is 0.645. The van der Waals surface area contributed by atoms with E-state index in [1.54, 1.807) is 6.07 Å². The summed E-state index contributed by atoms with van der Waals surface area (Å²) < 4.78 is 27.1. The molecule has 88 valence electrons. The smallest absolute Gasteiger partial charge is 0.339 e. The molecule has 0 saturated heterocycles. The van der Waals surface area contributed by atoms with E-state index in [9.17, 15) is 13.2 Å². The summed E-state index contributed by atoms with van der Waals surface area (Å²) in [5.74, 6) is -0.731. The number of esters is 1. The van der Waals surface area contributed by atoms with E-state index >= 15 is 0 Å². The topological polar surface area (TPSA) is 86.5 Å². The van der Waals surface area contributed by atoms with Crippen LogP contribution in [0.5, 0.6) is 0 Å². The van der Waals surface area contributed by atoms with Crippen LogP contribution >= 0.6 is 15.9 Å². The Kier molecular flexibility index (Phi) is 4.06. The van der Waals surface area contributed by atoms with Crippen LogP contribution in [-0.4, -0.2) is 21.5 Å². The third kappa shape index (κ3) is 2.81. The summed E-state index contributed by atoms with van der Waals surface area (Å²) in [6.45, 7) is 0. The van der Waals surface area contributed by atoms with Crippen molar-refractivity contribution in [3.8, 4) is 0 Å². The fraction of sp³-hybridized carbons (Fsp3) is 0.222. The van der Waals surface area contributed by atoms with E-state index in [0.29, 0.717) is 10.9 Å². The quantitative estimate of drug-likeness (QED) is 0.667. The second kappa shape index (κ2) is 4.94. The molecule has 0 bridgehead atoms. The van der Waals surface area contributed by atoms with Gasteiger partial charge in [-0.2, -0.15) is 0 Å². The van der Waals surface area contributed by atoms with Crippen molar-refractivity contribution in [3.63, 3.8) is 0 Å². The summed E-state index contributed by atoms with van der Waals surface area (Å²) in [7, 11) is -2.77. The molecule has 16 heavy (non-hydrogen) atoms. The zero-order valence-corrected chi connectivity index (χ0v) is 10.8. The van der Waals surface area contributed by atoms with Crippen molar-refractivity contribution in [2.24, 2.45) is 5.14 Å². The molecule has 0 aliphatic heterocycles. The number of hydrogen-bond donors (Lipinski definition) is 1. The average molecular weight is 308 g/mol. The van der Waals surface area contributed by atoms with Crippen LogP contribution in [0.1, 0.15) is 15.9 Å². The van der Waals surface area contributed by atoms with Crippen molar-refractivity contribution in [1.29, 1.82) is 0 Å². The number of halogens is 1. The van der Waals surface area contributed by atoms with E-state index < -0.39 is 16.0 Å². The highest BCUT2D eigenvalue weighted by atomic mass is 79.9. The van der Waals surface area contributed by atoms with Crippen LogP contribution in [0.4, 0.5) is 0 Å². The maximum atomic E-state index is 11.3. The first-order chi connectivity index (χ1) is 7.40. The van der Waals surface area contributed by atoms with Crippen molar-refractivity contribution < 1.29 is 17.9 Å². The second-order valence-electron chi connectivity index (χ2n) is 3.00. The van der Waals surface area contributed by atoms with Crippen molar-refractivity contribution in [3.05, 3.63) is 29.3 Å². The number of benzene rings is 1. The Hall–Kier alpha value is -0.920. The van der Waals surface area contributed by atoms with Crippen LogP contribution in [0.3, 0.4) is 0 Å². The first-order valence-electron chi connectivity index (χ1n) is 4.20. The van der Waals surface area contributed by atoms with Crippen LogP contribution in [0.15, 0.2) is 23.1 Å². The highest BCUT2D eigenvalue weighted by molar-refractivity contribution is 9.08. The van der Waals surface area contributed by atoms with Gasteiger partial charge in [-0.1, -0.05) is 22.0 Å². The van der Waals surface area contributed by atoms with Gasteiger partial charge in [0.1, 0.15) is 0 Å². The molecule has 1 aromatic carbocycles. The number of carbonyl (C=O) groups excluding carboxylic acids is 1. The standard InChI is InChI=1S/C9H10BrNO4S/c1-15-9(12)7-3-2-6(5-10)4-8(7)16(11,13)14/h2-4H,5H2,1H3,(H2,11,13,14). The van der Waals surface area contributed by atoms with E-state index in [0.717, 1.165) is 0 Å². The largest absolute Gasteiger partial charge is 0.465 e. The van der Waals surface area contributed by atoms with Gasteiger partial charge in [0.05, 0.1) is 17.6 Å². The molecule has 7 heteroatoms. The molecule has 0 aliphatic carbocycles. The van der Waals surface area contributed by atoms with Gasteiger partial charge in [-0.05, 0) is 17.7 Å². The monoisotopic (exact) mass is 307 g/mol. The van der Waals surface area contributed by atoms with Gasteiger partial charge in [0, 0.05) is 5.33 Å². The molecule has 0 heterocycles. The first-order valence-corrected chi connectivity index (χ1v) is 6.87. The molecule has 0 amide bonds. The minimum atomic E-state index is -3.94. The Morgan fingerprint density at radius 1 is 1.50 bits per heavy atom. The third-order valence-electron chi connectivity index (χ3n) is 1.91. The number of nitrogens with two attached hydrogens (primary N) is 1. The lowest BCUT2D eigenvalue weighted by molar-refractivity contribution is 0.0596. The van der Waals surface area contributed by atoms with Gasteiger partial charge < -0.3 is 4.74 Å². The SMILES string of the molecule is COC(=O)c1ccc(CBr)cc1S(N)(=O)=O. The number of alkyl halides is 1. The first kappa shape index (κ1) is 13.1. The Labute approximate surface area is 102 Å². The van der Waals surface area contributed by atoms with Crippen LogP contribution in [0.2, 0.25) is 0 Å². The predicted molar refractivity (Wildman–Crippen MR) is 61.8 cm³/mol. The minimum Gasteiger partial charge on any atom is -0.465 e. The molecule has 5 nitrogen and oxygen atoms in total. The fourth-order valence-electron chi connectivity index (χ4n) is 1.16. The van der Waals surface area contributed by atoms with E-state index in [4.69, 9.17) is 5.14 Å². The molecule has 0 saturated carbocycles. The highest BCUT2D eigenvalue weighted by Crippen LogP contribution is 2.19. The molecule has 2 N–H and O–H groups in total. The van der Waals surface area contributed by atoms with Gasteiger partial charge in [-0.25, -0.2) is 18.4 Å². The predicted octanol–water partition coefficient (Wildman–Crippen LogP) is 1.02. The van der Waals surface area contributed by atoms with Gasteiger partial charge >= 0.3 is 5.97 Å². The summed E-state index contributed by atoms with van der Waals surface area (Å²) in [4.78, 5) is 11.1.